The Morgan fingerprint density at radius 3 is 2.44 bits per heavy atom. The van der Waals surface area contributed by atoms with E-state index in [1.54, 1.807) is 19.2 Å². The van der Waals surface area contributed by atoms with Crippen LogP contribution in [0.4, 0.5) is 10.1 Å². The molecular formula is C19H22FN3O2. The number of carbonyl (C=O) groups excluding carboxylic acids is 1. The van der Waals surface area contributed by atoms with Crippen LogP contribution in [0.15, 0.2) is 48.5 Å². The van der Waals surface area contributed by atoms with Gasteiger partial charge in [0.25, 0.3) is 0 Å². The van der Waals surface area contributed by atoms with E-state index in [4.69, 9.17) is 4.74 Å². The second kappa shape index (κ2) is 7.63. The molecule has 2 aromatic carbocycles. The van der Waals surface area contributed by atoms with Gasteiger partial charge in [-0.2, -0.15) is 0 Å². The molecule has 1 saturated heterocycles. The highest BCUT2D eigenvalue weighted by Crippen LogP contribution is 2.32. The number of hydrazine groups is 1. The molecule has 5 nitrogen and oxygen atoms in total. The van der Waals surface area contributed by atoms with E-state index in [0.29, 0.717) is 12.1 Å². The number of nitrogens with one attached hydrogen (secondary N) is 3. The largest absolute Gasteiger partial charge is 0.497 e. The Balaban J connectivity index is 1.67. The number of hydrogen-bond donors (Lipinski definition) is 3. The summed E-state index contributed by atoms with van der Waals surface area (Å²) in [5.74, 6) is 0.477. The van der Waals surface area contributed by atoms with Crippen molar-refractivity contribution < 1.29 is 13.9 Å². The van der Waals surface area contributed by atoms with Crippen LogP contribution in [0.2, 0.25) is 0 Å². The van der Waals surface area contributed by atoms with Crippen LogP contribution in [0.25, 0.3) is 0 Å². The lowest BCUT2D eigenvalue weighted by atomic mass is 9.87. The van der Waals surface area contributed by atoms with Crippen molar-refractivity contribution >= 4 is 11.6 Å². The first-order chi connectivity index (χ1) is 12.1. The lowest BCUT2D eigenvalue weighted by molar-refractivity contribution is -0.117. The van der Waals surface area contributed by atoms with Crippen molar-refractivity contribution in [1.82, 2.24) is 10.9 Å². The lowest BCUT2D eigenvalue weighted by Gasteiger charge is -2.21. The summed E-state index contributed by atoms with van der Waals surface area (Å²) >= 11 is 0. The van der Waals surface area contributed by atoms with E-state index in [-0.39, 0.29) is 29.7 Å². The topological polar surface area (TPSA) is 62.4 Å². The fraction of sp³-hybridized carbons (Fsp3) is 0.316. The number of benzene rings is 2. The Bertz CT molecular complexity index is 718. The van der Waals surface area contributed by atoms with Gasteiger partial charge in [-0.3, -0.25) is 10.2 Å². The summed E-state index contributed by atoms with van der Waals surface area (Å²) in [5, 5.41) is 2.83. The first kappa shape index (κ1) is 17.4. The summed E-state index contributed by atoms with van der Waals surface area (Å²) in [4.78, 5) is 12.4. The molecule has 1 aliphatic rings. The van der Waals surface area contributed by atoms with Crippen molar-refractivity contribution in [3.63, 3.8) is 0 Å². The third kappa shape index (κ3) is 4.15. The van der Waals surface area contributed by atoms with Gasteiger partial charge in [-0.1, -0.05) is 12.1 Å². The summed E-state index contributed by atoms with van der Waals surface area (Å²) in [7, 11) is 1.63. The lowest BCUT2D eigenvalue weighted by Crippen LogP contribution is -2.29. The van der Waals surface area contributed by atoms with Gasteiger partial charge in [0.05, 0.1) is 13.2 Å². The van der Waals surface area contributed by atoms with Crippen molar-refractivity contribution in [2.24, 2.45) is 5.92 Å². The molecule has 6 heteroatoms. The third-order valence-corrected chi connectivity index (χ3v) is 4.56. The number of methoxy groups -OCH3 is 1. The van der Waals surface area contributed by atoms with Crippen LogP contribution >= 0.6 is 0 Å². The van der Waals surface area contributed by atoms with Gasteiger partial charge in [-0.15, -0.1) is 0 Å². The Hall–Kier alpha value is -2.44. The van der Waals surface area contributed by atoms with Gasteiger partial charge < -0.3 is 10.1 Å². The Labute approximate surface area is 146 Å². The number of anilines is 1. The quantitative estimate of drug-likeness (QED) is 0.781. The molecule has 0 spiro atoms. The highest BCUT2D eigenvalue weighted by molar-refractivity contribution is 5.90. The van der Waals surface area contributed by atoms with Gasteiger partial charge in [0.15, 0.2) is 0 Å². The van der Waals surface area contributed by atoms with E-state index >= 15 is 0 Å². The van der Waals surface area contributed by atoms with Crippen LogP contribution in [-0.4, -0.2) is 19.1 Å². The molecule has 3 N–H and O–H groups in total. The Morgan fingerprint density at radius 2 is 1.80 bits per heavy atom. The molecule has 0 aliphatic carbocycles. The Morgan fingerprint density at radius 1 is 1.12 bits per heavy atom. The molecule has 1 aliphatic heterocycles. The molecule has 1 heterocycles. The molecule has 2 aromatic rings. The van der Waals surface area contributed by atoms with Crippen molar-refractivity contribution in [1.29, 1.82) is 0 Å². The molecule has 0 aromatic heterocycles. The van der Waals surface area contributed by atoms with Gasteiger partial charge in [0, 0.05) is 24.1 Å². The summed E-state index contributed by atoms with van der Waals surface area (Å²) in [6, 6.07) is 13.8. The average molecular weight is 343 g/mol. The van der Waals surface area contributed by atoms with E-state index in [1.165, 1.54) is 12.1 Å². The van der Waals surface area contributed by atoms with Crippen molar-refractivity contribution in [2.45, 2.75) is 25.4 Å². The average Bonchev–Trinajstić information content (AvgIpc) is 2.98. The minimum Gasteiger partial charge on any atom is -0.497 e. The number of ether oxygens (including phenoxy) is 1. The molecule has 25 heavy (non-hydrogen) atoms. The first-order valence-electron chi connectivity index (χ1n) is 8.27. The molecule has 0 bridgehead atoms. The second-order valence-electron chi connectivity index (χ2n) is 6.25. The van der Waals surface area contributed by atoms with Crippen LogP contribution in [0.3, 0.4) is 0 Å². The van der Waals surface area contributed by atoms with Crippen molar-refractivity contribution in [3.8, 4) is 5.75 Å². The van der Waals surface area contributed by atoms with Crippen LogP contribution in [0.1, 0.15) is 24.9 Å². The van der Waals surface area contributed by atoms with Crippen LogP contribution < -0.4 is 20.9 Å². The van der Waals surface area contributed by atoms with Gasteiger partial charge in [0.1, 0.15) is 11.6 Å². The summed E-state index contributed by atoms with van der Waals surface area (Å²) < 4.78 is 18.2. The molecule has 0 saturated carbocycles. The van der Waals surface area contributed by atoms with Gasteiger partial charge >= 0.3 is 0 Å². The van der Waals surface area contributed by atoms with Gasteiger partial charge in [0.2, 0.25) is 5.91 Å². The molecule has 0 radical (unpaired) electrons. The molecule has 1 fully saturated rings. The third-order valence-electron chi connectivity index (χ3n) is 4.56. The minimum atomic E-state index is -0.324. The molecule has 3 rings (SSSR count). The monoisotopic (exact) mass is 343 g/mol. The zero-order valence-corrected chi connectivity index (χ0v) is 14.3. The molecule has 3 unspecified atom stereocenters. The number of halogens is 1. The highest BCUT2D eigenvalue weighted by atomic mass is 19.1. The van der Waals surface area contributed by atoms with E-state index in [9.17, 15) is 9.18 Å². The van der Waals surface area contributed by atoms with Crippen LogP contribution in [-0.2, 0) is 4.79 Å². The zero-order chi connectivity index (χ0) is 17.8. The van der Waals surface area contributed by atoms with E-state index in [2.05, 4.69) is 16.2 Å². The normalized spacial score (nSPS) is 22.6. The summed E-state index contributed by atoms with van der Waals surface area (Å²) in [6.45, 7) is 2.05. The van der Waals surface area contributed by atoms with E-state index < -0.39 is 0 Å². The van der Waals surface area contributed by atoms with Crippen molar-refractivity contribution in [2.75, 3.05) is 12.4 Å². The fourth-order valence-corrected chi connectivity index (χ4v) is 3.12. The maximum atomic E-state index is 13.0. The van der Waals surface area contributed by atoms with Crippen LogP contribution in [0.5, 0.6) is 5.75 Å². The smallest absolute Gasteiger partial charge is 0.224 e. The fourth-order valence-electron chi connectivity index (χ4n) is 3.12. The predicted molar refractivity (Wildman–Crippen MR) is 94.6 cm³/mol. The SMILES string of the molecule is COc1ccc(C2NNC(C)C2CC(=O)Nc2ccc(F)cc2)cc1. The maximum absolute atomic E-state index is 13.0. The predicted octanol–water partition coefficient (Wildman–Crippen LogP) is 3.02. The minimum absolute atomic E-state index is 0.0277. The molecule has 1 amide bonds. The Kier molecular flexibility index (Phi) is 5.31. The molecule has 132 valence electrons. The second-order valence-corrected chi connectivity index (χ2v) is 6.25. The molecule has 3 atom stereocenters. The standard InChI is InChI=1S/C19H22FN3O2/c1-12-17(11-18(24)21-15-7-5-14(20)6-8-15)19(23-22-12)13-3-9-16(25-2)10-4-13/h3-10,12,17,19,22-23H,11H2,1-2H3,(H,21,24). The van der Waals surface area contributed by atoms with Crippen molar-refractivity contribution in [3.05, 3.63) is 59.9 Å². The maximum Gasteiger partial charge on any atom is 0.224 e. The molecular weight excluding hydrogens is 321 g/mol. The number of amides is 1. The number of hydrogen-bond acceptors (Lipinski definition) is 4. The first-order valence-corrected chi connectivity index (χ1v) is 8.27. The van der Waals surface area contributed by atoms with E-state index in [0.717, 1.165) is 11.3 Å². The highest BCUT2D eigenvalue weighted by Gasteiger charge is 2.35. The summed E-state index contributed by atoms with van der Waals surface area (Å²) in [6.07, 6.45) is 0.356. The number of rotatable bonds is 5. The summed E-state index contributed by atoms with van der Waals surface area (Å²) in [5.41, 5.74) is 8.17. The van der Waals surface area contributed by atoms with E-state index in [1.807, 2.05) is 31.2 Å². The van der Waals surface area contributed by atoms with Crippen LogP contribution in [0, 0.1) is 11.7 Å². The van der Waals surface area contributed by atoms with Gasteiger partial charge in [-0.25, -0.2) is 9.82 Å². The zero-order valence-electron chi connectivity index (χ0n) is 14.3. The number of carbonyl (C=O) groups is 1. The van der Waals surface area contributed by atoms with Gasteiger partial charge in [-0.05, 0) is 48.9 Å².